The maximum Gasteiger partial charge on any atom is 0.111 e. The quantitative estimate of drug-likeness (QED) is 0.201. The third-order valence-corrected chi connectivity index (χ3v) is 5.94. The minimum atomic E-state index is -1.15. The zero-order chi connectivity index (χ0) is 21.9. The van der Waals surface area contributed by atoms with Gasteiger partial charge in [-0.05, 0) is 32.1 Å². The summed E-state index contributed by atoms with van der Waals surface area (Å²) in [6, 6.07) is 0. The number of ether oxygens (including phenoxy) is 2. The topological polar surface area (TPSA) is 79.2 Å². The lowest BCUT2D eigenvalue weighted by Gasteiger charge is -2.35. The molecule has 1 aliphatic rings. The normalized spacial score (nSPS) is 24.7. The van der Waals surface area contributed by atoms with Crippen molar-refractivity contribution < 1.29 is 24.8 Å². The maximum absolute atomic E-state index is 9.84. The van der Waals surface area contributed by atoms with E-state index < -0.39 is 24.4 Å². The van der Waals surface area contributed by atoms with Crippen LogP contribution in [0.2, 0.25) is 0 Å². The summed E-state index contributed by atoms with van der Waals surface area (Å²) >= 11 is 0. The van der Waals surface area contributed by atoms with Crippen LogP contribution >= 0.6 is 0 Å². The van der Waals surface area contributed by atoms with Gasteiger partial charge in [-0.15, -0.1) is 0 Å². The summed E-state index contributed by atoms with van der Waals surface area (Å²) in [7, 11) is 0. The Morgan fingerprint density at radius 2 is 1.27 bits per heavy atom. The summed E-state index contributed by atoms with van der Waals surface area (Å²) in [6.45, 7) is 3.20. The molecule has 0 aromatic heterocycles. The lowest BCUT2D eigenvalue weighted by atomic mass is 10.0. The molecule has 1 heterocycles. The molecule has 5 nitrogen and oxygen atoms in total. The molecule has 1 fully saturated rings. The highest BCUT2D eigenvalue weighted by Gasteiger charge is 2.37. The van der Waals surface area contributed by atoms with E-state index in [1.165, 1.54) is 77.0 Å². The Morgan fingerprint density at radius 1 is 0.733 bits per heavy atom. The van der Waals surface area contributed by atoms with Crippen molar-refractivity contribution in [1.82, 2.24) is 0 Å². The molecule has 4 atom stereocenters. The van der Waals surface area contributed by atoms with Crippen LogP contribution in [-0.4, -0.2) is 59.6 Å². The van der Waals surface area contributed by atoms with Crippen molar-refractivity contribution in [2.45, 2.75) is 128 Å². The first-order valence-electron chi connectivity index (χ1n) is 12.5. The molecule has 0 aliphatic carbocycles. The standard InChI is InChI=1S/C25H48O5/c1-2-3-4-5-6-7-8-9-10-11-12-13-14-15-16-17-18-19-29-21-23-25(28)24(27)22(26)20-30-23/h13-14,22-28H,2-12,15-21H2,1H3/b14-13+/t22-,23+,24+,25+/m0/s1. The molecule has 0 amide bonds. The molecular weight excluding hydrogens is 380 g/mol. The van der Waals surface area contributed by atoms with Gasteiger partial charge in [0, 0.05) is 6.61 Å². The van der Waals surface area contributed by atoms with Gasteiger partial charge in [-0.1, -0.05) is 83.3 Å². The number of allylic oxidation sites excluding steroid dienone is 2. The van der Waals surface area contributed by atoms with E-state index in [2.05, 4.69) is 19.1 Å². The number of hydrogen-bond acceptors (Lipinski definition) is 5. The van der Waals surface area contributed by atoms with E-state index in [9.17, 15) is 15.3 Å². The highest BCUT2D eigenvalue weighted by molar-refractivity contribution is 4.86. The molecule has 1 saturated heterocycles. The van der Waals surface area contributed by atoms with Crippen LogP contribution in [0.1, 0.15) is 103 Å². The Kier molecular flexibility index (Phi) is 17.7. The number of aliphatic hydroxyl groups is 3. The molecule has 5 heteroatoms. The molecule has 3 N–H and O–H groups in total. The number of rotatable bonds is 19. The second kappa shape index (κ2) is 19.2. The van der Waals surface area contributed by atoms with Crippen molar-refractivity contribution in [3.63, 3.8) is 0 Å². The number of unbranched alkanes of at least 4 members (excludes halogenated alkanes) is 13. The highest BCUT2D eigenvalue weighted by Crippen LogP contribution is 2.16. The van der Waals surface area contributed by atoms with Crippen molar-refractivity contribution in [1.29, 1.82) is 0 Å². The molecule has 0 bridgehead atoms. The van der Waals surface area contributed by atoms with Crippen LogP contribution in [-0.2, 0) is 9.47 Å². The van der Waals surface area contributed by atoms with E-state index in [1.54, 1.807) is 0 Å². The molecule has 30 heavy (non-hydrogen) atoms. The van der Waals surface area contributed by atoms with Crippen LogP contribution in [0.4, 0.5) is 0 Å². The minimum absolute atomic E-state index is 0.0394. The van der Waals surface area contributed by atoms with Crippen molar-refractivity contribution in [2.24, 2.45) is 0 Å². The predicted molar refractivity (Wildman–Crippen MR) is 123 cm³/mol. The molecule has 1 rings (SSSR count). The van der Waals surface area contributed by atoms with E-state index in [0.717, 1.165) is 19.3 Å². The van der Waals surface area contributed by atoms with Crippen LogP contribution in [0.15, 0.2) is 12.2 Å². The zero-order valence-electron chi connectivity index (χ0n) is 19.4. The van der Waals surface area contributed by atoms with Crippen molar-refractivity contribution in [3.05, 3.63) is 12.2 Å². The van der Waals surface area contributed by atoms with Crippen LogP contribution in [0.5, 0.6) is 0 Å². The SMILES string of the molecule is CCCCCCCCCCCC/C=C/CCCCCOC[C@H]1OC[C@H](O)[C@@H](O)[C@@H]1O. The van der Waals surface area contributed by atoms with Crippen molar-refractivity contribution in [3.8, 4) is 0 Å². The summed E-state index contributed by atoms with van der Waals surface area (Å²) in [5, 5.41) is 28.9. The van der Waals surface area contributed by atoms with Gasteiger partial charge in [-0.25, -0.2) is 0 Å². The van der Waals surface area contributed by atoms with Gasteiger partial charge in [0.25, 0.3) is 0 Å². The van der Waals surface area contributed by atoms with Crippen LogP contribution in [0.25, 0.3) is 0 Å². The molecule has 0 aromatic rings. The predicted octanol–water partition coefficient (Wildman–Crippen LogP) is 4.91. The number of aliphatic hydroxyl groups excluding tert-OH is 3. The average molecular weight is 429 g/mol. The Balaban J connectivity index is 1.79. The molecule has 0 spiro atoms. The summed E-state index contributed by atoms with van der Waals surface area (Å²) in [6.07, 6.45) is 20.4. The third-order valence-electron chi connectivity index (χ3n) is 5.94. The Bertz CT molecular complexity index is 401. The first-order chi connectivity index (χ1) is 14.7. The zero-order valence-corrected chi connectivity index (χ0v) is 19.4. The molecule has 178 valence electrons. The Morgan fingerprint density at radius 3 is 1.87 bits per heavy atom. The van der Waals surface area contributed by atoms with Gasteiger partial charge in [0.05, 0.1) is 13.2 Å². The van der Waals surface area contributed by atoms with Crippen molar-refractivity contribution >= 4 is 0 Å². The summed E-state index contributed by atoms with van der Waals surface area (Å²) in [4.78, 5) is 0. The lowest BCUT2D eigenvalue weighted by molar-refractivity contribution is -0.199. The molecule has 0 radical (unpaired) electrons. The van der Waals surface area contributed by atoms with Gasteiger partial charge in [0.2, 0.25) is 0 Å². The number of hydrogen-bond donors (Lipinski definition) is 3. The lowest BCUT2D eigenvalue weighted by Crippen LogP contribution is -2.54. The molecule has 0 aromatic carbocycles. The average Bonchev–Trinajstić information content (AvgIpc) is 2.75. The van der Waals surface area contributed by atoms with E-state index in [0.29, 0.717) is 6.61 Å². The van der Waals surface area contributed by atoms with Gasteiger partial charge >= 0.3 is 0 Å². The second-order valence-electron chi connectivity index (χ2n) is 8.79. The van der Waals surface area contributed by atoms with E-state index in [4.69, 9.17) is 9.47 Å². The van der Waals surface area contributed by atoms with E-state index >= 15 is 0 Å². The third kappa shape index (κ3) is 13.8. The van der Waals surface area contributed by atoms with Gasteiger partial charge in [-0.3, -0.25) is 0 Å². The molecule has 1 aliphatic heterocycles. The smallest absolute Gasteiger partial charge is 0.111 e. The fraction of sp³-hybridized carbons (Fsp3) is 0.920. The van der Waals surface area contributed by atoms with E-state index in [1.807, 2.05) is 0 Å². The fourth-order valence-electron chi connectivity index (χ4n) is 3.84. The van der Waals surface area contributed by atoms with Gasteiger partial charge in [-0.2, -0.15) is 0 Å². The first-order valence-corrected chi connectivity index (χ1v) is 12.5. The Labute approximate surface area is 184 Å². The van der Waals surface area contributed by atoms with Crippen LogP contribution in [0.3, 0.4) is 0 Å². The van der Waals surface area contributed by atoms with E-state index in [-0.39, 0.29) is 13.2 Å². The van der Waals surface area contributed by atoms with Gasteiger partial charge in [0.1, 0.15) is 24.4 Å². The highest BCUT2D eigenvalue weighted by atomic mass is 16.6. The maximum atomic E-state index is 9.84. The summed E-state index contributed by atoms with van der Waals surface area (Å²) in [5.41, 5.74) is 0. The Hall–Kier alpha value is -0.460. The fourth-order valence-corrected chi connectivity index (χ4v) is 3.84. The molecule has 0 unspecified atom stereocenters. The van der Waals surface area contributed by atoms with Crippen LogP contribution in [0, 0.1) is 0 Å². The minimum Gasteiger partial charge on any atom is -0.388 e. The second-order valence-corrected chi connectivity index (χ2v) is 8.79. The first kappa shape index (κ1) is 27.6. The molecular formula is C25H48O5. The largest absolute Gasteiger partial charge is 0.388 e. The monoisotopic (exact) mass is 428 g/mol. The van der Waals surface area contributed by atoms with Gasteiger partial charge < -0.3 is 24.8 Å². The molecule has 0 saturated carbocycles. The van der Waals surface area contributed by atoms with Crippen molar-refractivity contribution in [2.75, 3.05) is 19.8 Å². The summed E-state index contributed by atoms with van der Waals surface area (Å²) < 4.78 is 10.9. The van der Waals surface area contributed by atoms with Crippen LogP contribution < -0.4 is 0 Å². The summed E-state index contributed by atoms with van der Waals surface area (Å²) in [5.74, 6) is 0. The van der Waals surface area contributed by atoms with Gasteiger partial charge in [0.15, 0.2) is 0 Å².